The van der Waals surface area contributed by atoms with Gasteiger partial charge in [0.15, 0.2) is 0 Å². The summed E-state index contributed by atoms with van der Waals surface area (Å²) >= 11 is 0. The van der Waals surface area contributed by atoms with Gasteiger partial charge in [-0.2, -0.15) is 0 Å². The molecule has 0 atom stereocenters. The number of hydrogen-bond donors (Lipinski definition) is 1. The summed E-state index contributed by atoms with van der Waals surface area (Å²) in [5.41, 5.74) is 0. The summed E-state index contributed by atoms with van der Waals surface area (Å²) in [7, 11) is 0. The SMILES string of the molecule is CCCCCC1CC(O)C1. The molecule has 0 radical (unpaired) electrons. The van der Waals surface area contributed by atoms with Crippen molar-refractivity contribution in [3.05, 3.63) is 0 Å². The maximum Gasteiger partial charge on any atom is 0.0545 e. The average Bonchev–Trinajstić information content (AvgIpc) is 1.85. The quantitative estimate of drug-likeness (QED) is 0.597. The van der Waals surface area contributed by atoms with Gasteiger partial charge in [0.25, 0.3) is 0 Å². The summed E-state index contributed by atoms with van der Waals surface area (Å²) < 4.78 is 0. The maximum atomic E-state index is 8.97. The predicted octanol–water partition coefficient (Wildman–Crippen LogP) is 2.34. The Kier molecular flexibility index (Phi) is 3.20. The molecular weight excluding hydrogens is 124 g/mol. The lowest BCUT2D eigenvalue weighted by Gasteiger charge is -2.31. The largest absolute Gasteiger partial charge is 0.393 e. The van der Waals surface area contributed by atoms with Gasteiger partial charge in [-0.1, -0.05) is 32.6 Å². The van der Waals surface area contributed by atoms with Crippen LogP contribution in [-0.4, -0.2) is 11.2 Å². The first-order chi connectivity index (χ1) is 4.83. The van der Waals surface area contributed by atoms with E-state index in [1.54, 1.807) is 0 Å². The number of aliphatic hydroxyl groups is 1. The van der Waals surface area contributed by atoms with Crippen molar-refractivity contribution in [2.45, 2.75) is 51.6 Å². The van der Waals surface area contributed by atoms with Gasteiger partial charge in [0.05, 0.1) is 6.10 Å². The summed E-state index contributed by atoms with van der Waals surface area (Å²) in [5.74, 6) is 0.863. The highest BCUT2D eigenvalue weighted by Crippen LogP contribution is 2.31. The van der Waals surface area contributed by atoms with Gasteiger partial charge in [-0.05, 0) is 18.8 Å². The Labute approximate surface area is 63.4 Å². The van der Waals surface area contributed by atoms with Crippen LogP contribution >= 0.6 is 0 Å². The zero-order valence-electron chi connectivity index (χ0n) is 6.84. The zero-order valence-corrected chi connectivity index (χ0v) is 6.84. The Morgan fingerprint density at radius 3 is 2.50 bits per heavy atom. The van der Waals surface area contributed by atoms with Crippen molar-refractivity contribution in [1.82, 2.24) is 0 Å². The molecule has 0 spiro atoms. The molecule has 0 aromatic carbocycles. The predicted molar refractivity (Wildman–Crippen MR) is 42.9 cm³/mol. The number of aliphatic hydroxyl groups excluding tert-OH is 1. The molecule has 0 aromatic rings. The molecule has 1 aliphatic carbocycles. The Bertz CT molecular complexity index is 84.7. The standard InChI is InChI=1S/C9H18O/c1-2-3-4-5-8-6-9(10)7-8/h8-10H,2-7H2,1H3. The lowest BCUT2D eigenvalue weighted by Crippen LogP contribution is -2.27. The summed E-state index contributed by atoms with van der Waals surface area (Å²) in [6, 6.07) is 0. The van der Waals surface area contributed by atoms with Crippen molar-refractivity contribution in [1.29, 1.82) is 0 Å². The van der Waals surface area contributed by atoms with Crippen LogP contribution in [0.4, 0.5) is 0 Å². The van der Waals surface area contributed by atoms with E-state index in [4.69, 9.17) is 5.11 Å². The molecule has 0 aromatic heterocycles. The van der Waals surface area contributed by atoms with Crippen LogP contribution in [0.1, 0.15) is 45.4 Å². The second-order valence-corrected chi connectivity index (χ2v) is 3.49. The van der Waals surface area contributed by atoms with Crippen LogP contribution in [0.5, 0.6) is 0 Å². The fourth-order valence-corrected chi connectivity index (χ4v) is 1.62. The van der Waals surface area contributed by atoms with Crippen molar-refractivity contribution in [3.63, 3.8) is 0 Å². The van der Waals surface area contributed by atoms with Crippen LogP contribution in [0.25, 0.3) is 0 Å². The molecule has 10 heavy (non-hydrogen) atoms. The molecule has 1 saturated carbocycles. The molecule has 0 heterocycles. The van der Waals surface area contributed by atoms with Crippen molar-refractivity contribution < 1.29 is 5.11 Å². The number of hydrogen-bond acceptors (Lipinski definition) is 1. The van der Waals surface area contributed by atoms with Crippen LogP contribution in [0.2, 0.25) is 0 Å². The fraction of sp³-hybridized carbons (Fsp3) is 1.00. The van der Waals surface area contributed by atoms with Gasteiger partial charge in [-0.3, -0.25) is 0 Å². The molecule has 0 bridgehead atoms. The van der Waals surface area contributed by atoms with Crippen LogP contribution in [-0.2, 0) is 0 Å². The van der Waals surface area contributed by atoms with E-state index in [1.165, 1.54) is 25.7 Å². The third-order valence-electron chi connectivity index (χ3n) is 2.43. The van der Waals surface area contributed by atoms with Crippen LogP contribution in [0, 0.1) is 5.92 Å². The molecule has 0 amide bonds. The van der Waals surface area contributed by atoms with Gasteiger partial charge >= 0.3 is 0 Å². The van der Waals surface area contributed by atoms with Crippen molar-refractivity contribution in [2.24, 2.45) is 5.92 Å². The minimum Gasteiger partial charge on any atom is -0.393 e. The van der Waals surface area contributed by atoms with E-state index in [2.05, 4.69) is 6.92 Å². The van der Waals surface area contributed by atoms with E-state index in [0.717, 1.165) is 18.8 Å². The first kappa shape index (κ1) is 8.06. The fourth-order valence-electron chi connectivity index (χ4n) is 1.62. The van der Waals surface area contributed by atoms with Crippen LogP contribution < -0.4 is 0 Å². The molecule has 0 aliphatic heterocycles. The molecule has 1 heteroatoms. The van der Waals surface area contributed by atoms with E-state index >= 15 is 0 Å². The molecule has 0 saturated heterocycles. The van der Waals surface area contributed by atoms with Crippen molar-refractivity contribution >= 4 is 0 Å². The second-order valence-electron chi connectivity index (χ2n) is 3.49. The summed E-state index contributed by atoms with van der Waals surface area (Å²) in [6.07, 6.45) is 7.60. The summed E-state index contributed by atoms with van der Waals surface area (Å²) in [4.78, 5) is 0. The average molecular weight is 142 g/mol. The number of unbranched alkanes of at least 4 members (excludes halogenated alkanes) is 2. The lowest BCUT2D eigenvalue weighted by molar-refractivity contribution is 0.0381. The van der Waals surface area contributed by atoms with Crippen LogP contribution in [0.15, 0.2) is 0 Å². The van der Waals surface area contributed by atoms with Crippen LogP contribution in [0.3, 0.4) is 0 Å². The first-order valence-electron chi connectivity index (χ1n) is 4.51. The van der Waals surface area contributed by atoms with E-state index < -0.39 is 0 Å². The molecule has 1 rings (SSSR count). The van der Waals surface area contributed by atoms with Gasteiger partial charge in [0, 0.05) is 0 Å². The van der Waals surface area contributed by atoms with E-state index in [0.29, 0.717) is 0 Å². The monoisotopic (exact) mass is 142 g/mol. The molecule has 1 nitrogen and oxygen atoms in total. The molecule has 1 aliphatic rings. The minimum absolute atomic E-state index is 0.0478. The maximum absolute atomic E-state index is 8.97. The topological polar surface area (TPSA) is 20.2 Å². The molecule has 0 unspecified atom stereocenters. The van der Waals surface area contributed by atoms with E-state index in [-0.39, 0.29) is 6.10 Å². The third-order valence-corrected chi connectivity index (χ3v) is 2.43. The Hall–Kier alpha value is -0.0400. The van der Waals surface area contributed by atoms with Crippen molar-refractivity contribution in [2.75, 3.05) is 0 Å². The Morgan fingerprint density at radius 1 is 1.30 bits per heavy atom. The smallest absolute Gasteiger partial charge is 0.0545 e. The Morgan fingerprint density at radius 2 is 2.00 bits per heavy atom. The highest BCUT2D eigenvalue weighted by molar-refractivity contribution is 4.77. The molecular formula is C9H18O. The molecule has 1 fully saturated rings. The first-order valence-corrected chi connectivity index (χ1v) is 4.51. The van der Waals surface area contributed by atoms with Crippen molar-refractivity contribution in [3.8, 4) is 0 Å². The minimum atomic E-state index is 0.0478. The molecule has 60 valence electrons. The second kappa shape index (κ2) is 3.97. The van der Waals surface area contributed by atoms with Gasteiger partial charge in [0.2, 0.25) is 0 Å². The normalized spacial score (nSPS) is 31.8. The van der Waals surface area contributed by atoms with E-state index in [1.807, 2.05) is 0 Å². The molecule has 1 N–H and O–H groups in total. The number of rotatable bonds is 4. The highest BCUT2D eigenvalue weighted by Gasteiger charge is 2.25. The summed E-state index contributed by atoms with van der Waals surface area (Å²) in [5, 5.41) is 8.97. The van der Waals surface area contributed by atoms with Gasteiger partial charge in [-0.15, -0.1) is 0 Å². The van der Waals surface area contributed by atoms with Gasteiger partial charge in [0.1, 0.15) is 0 Å². The van der Waals surface area contributed by atoms with Gasteiger partial charge in [-0.25, -0.2) is 0 Å². The van der Waals surface area contributed by atoms with Gasteiger partial charge < -0.3 is 5.11 Å². The highest BCUT2D eigenvalue weighted by atomic mass is 16.3. The summed E-state index contributed by atoms with van der Waals surface area (Å²) in [6.45, 7) is 2.23. The zero-order chi connectivity index (χ0) is 7.40. The van der Waals surface area contributed by atoms with E-state index in [9.17, 15) is 0 Å². The Balaban J connectivity index is 1.86. The lowest BCUT2D eigenvalue weighted by atomic mass is 9.79. The third kappa shape index (κ3) is 2.30.